The van der Waals surface area contributed by atoms with E-state index in [1.165, 1.54) is 0 Å². The summed E-state index contributed by atoms with van der Waals surface area (Å²) < 4.78 is 12.1. The van der Waals surface area contributed by atoms with Crippen LogP contribution >= 0.6 is 0 Å². The number of carbonyl (C=O) groups excluding carboxylic acids is 1. The summed E-state index contributed by atoms with van der Waals surface area (Å²) in [7, 11) is 5.08. The molecule has 1 fully saturated rings. The van der Waals surface area contributed by atoms with E-state index in [9.17, 15) is 4.79 Å². The Bertz CT molecular complexity index is 763. The third-order valence-corrected chi connectivity index (χ3v) is 4.45. The summed E-state index contributed by atoms with van der Waals surface area (Å²) in [5, 5.41) is 7.41. The SMILES string of the molecule is COCCN1C[C@H](CNc2ncc(OC)c(-c3ccnn3C)n2)CC1=O. The van der Waals surface area contributed by atoms with Gasteiger partial charge in [-0.05, 0) is 6.07 Å². The first-order valence-corrected chi connectivity index (χ1v) is 8.52. The first-order valence-electron chi connectivity index (χ1n) is 8.52. The zero-order valence-corrected chi connectivity index (χ0v) is 15.3. The van der Waals surface area contributed by atoms with Gasteiger partial charge in [-0.2, -0.15) is 5.10 Å². The van der Waals surface area contributed by atoms with E-state index in [0.717, 1.165) is 12.2 Å². The van der Waals surface area contributed by atoms with Crippen LogP contribution in [0.4, 0.5) is 5.95 Å². The summed E-state index contributed by atoms with van der Waals surface area (Å²) in [6.07, 6.45) is 3.88. The summed E-state index contributed by atoms with van der Waals surface area (Å²) in [5.41, 5.74) is 1.52. The minimum absolute atomic E-state index is 0.167. The van der Waals surface area contributed by atoms with Crippen molar-refractivity contribution in [2.45, 2.75) is 6.42 Å². The number of methoxy groups -OCH3 is 2. The lowest BCUT2D eigenvalue weighted by molar-refractivity contribution is -0.128. The predicted molar refractivity (Wildman–Crippen MR) is 95.8 cm³/mol. The second-order valence-corrected chi connectivity index (χ2v) is 6.23. The fourth-order valence-electron chi connectivity index (χ4n) is 3.04. The molecule has 0 spiro atoms. The minimum Gasteiger partial charge on any atom is -0.493 e. The van der Waals surface area contributed by atoms with Gasteiger partial charge in [0.05, 0.1) is 25.6 Å². The molecular weight excluding hydrogens is 336 g/mol. The largest absolute Gasteiger partial charge is 0.493 e. The summed E-state index contributed by atoms with van der Waals surface area (Å²) in [5.74, 6) is 1.48. The molecule has 0 unspecified atom stereocenters. The Kier molecular flexibility index (Phi) is 5.67. The highest BCUT2D eigenvalue weighted by Crippen LogP contribution is 2.27. The lowest BCUT2D eigenvalue weighted by Crippen LogP contribution is -2.29. The summed E-state index contributed by atoms with van der Waals surface area (Å²) >= 11 is 0. The van der Waals surface area contributed by atoms with Crippen molar-refractivity contribution in [2.75, 3.05) is 45.8 Å². The predicted octanol–water partition coefficient (Wildman–Crippen LogP) is 0.792. The second-order valence-electron chi connectivity index (χ2n) is 6.23. The molecule has 0 saturated carbocycles. The van der Waals surface area contributed by atoms with Crippen LogP contribution in [0.15, 0.2) is 18.5 Å². The maximum Gasteiger partial charge on any atom is 0.223 e. The topological polar surface area (TPSA) is 94.4 Å². The van der Waals surface area contributed by atoms with Crippen LogP contribution in [-0.2, 0) is 16.6 Å². The number of amides is 1. The smallest absolute Gasteiger partial charge is 0.223 e. The zero-order chi connectivity index (χ0) is 18.5. The molecule has 9 heteroatoms. The third-order valence-electron chi connectivity index (χ3n) is 4.45. The van der Waals surface area contributed by atoms with E-state index in [1.54, 1.807) is 31.3 Å². The number of hydrogen-bond donors (Lipinski definition) is 1. The number of nitrogens with one attached hydrogen (secondary N) is 1. The highest BCUT2D eigenvalue weighted by Gasteiger charge is 2.29. The van der Waals surface area contributed by atoms with Crippen LogP contribution in [0.5, 0.6) is 5.75 Å². The molecule has 1 amide bonds. The van der Waals surface area contributed by atoms with E-state index >= 15 is 0 Å². The van der Waals surface area contributed by atoms with Crippen LogP contribution in [0.2, 0.25) is 0 Å². The van der Waals surface area contributed by atoms with E-state index in [2.05, 4.69) is 20.4 Å². The lowest BCUT2D eigenvalue weighted by Gasteiger charge is -2.16. The van der Waals surface area contributed by atoms with E-state index in [4.69, 9.17) is 9.47 Å². The molecule has 2 aromatic heterocycles. The molecule has 1 aliphatic heterocycles. The third kappa shape index (κ3) is 3.93. The molecule has 0 radical (unpaired) electrons. The maximum atomic E-state index is 12.0. The van der Waals surface area contributed by atoms with Crippen molar-refractivity contribution in [3.8, 4) is 17.1 Å². The van der Waals surface area contributed by atoms with Crippen molar-refractivity contribution in [1.82, 2.24) is 24.6 Å². The van der Waals surface area contributed by atoms with Crippen LogP contribution in [0.1, 0.15) is 6.42 Å². The molecule has 3 heterocycles. The first-order chi connectivity index (χ1) is 12.6. The molecule has 0 aromatic carbocycles. The molecule has 0 aliphatic carbocycles. The number of aryl methyl sites for hydroxylation is 1. The summed E-state index contributed by atoms with van der Waals surface area (Å²) in [6, 6.07) is 1.87. The van der Waals surface area contributed by atoms with Gasteiger partial charge in [-0.25, -0.2) is 9.97 Å². The molecule has 2 aromatic rings. The number of likely N-dealkylation sites (tertiary alicyclic amines) is 1. The molecule has 1 atom stereocenters. The van der Waals surface area contributed by atoms with Gasteiger partial charge in [-0.15, -0.1) is 0 Å². The van der Waals surface area contributed by atoms with Crippen molar-refractivity contribution < 1.29 is 14.3 Å². The van der Waals surface area contributed by atoms with E-state index < -0.39 is 0 Å². The number of hydrogen-bond acceptors (Lipinski definition) is 7. The Morgan fingerprint density at radius 1 is 1.38 bits per heavy atom. The summed E-state index contributed by atoms with van der Waals surface area (Å²) in [6.45, 7) is 2.55. The van der Waals surface area contributed by atoms with Crippen LogP contribution in [0.3, 0.4) is 0 Å². The van der Waals surface area contributed by atoms with Gasteiger partial charge in [0.15, 0.2) is 5.75 Å². The first kappa shape index (κ1) is 18.1. The summed E-state index contributed by atoms with van der Waals surface area (Å²) in [4.78, 5) is 22.7. The molecule has 26 heavy (non-hydrogen) atoms. The number of rotatable bonds is 8. The lowest BCUT2D eigenvalue weighted by atomic mass is 10.1. The maximum absolute atomic E-state index is 12.0. The average molecular weight is 360 g/mol. The Hall–Kier alpha value is -2.68. The van der Waals surface area contributed by atoms with Crippen LogP contribution < -0.4 is 10.1 Å². The second kappa shape index (κ2) is 8.13. The normalized spacial score (nSPS) is 17.0. The standard InChI is InChI=1S/C17H24N6O3/c1-22-13(4-5-20-22)16-14(26-3)10-19-17(21-16)18-9-12-8-15(24)23(11-12)6-7-25-2/h4-5,10,12H,6-9,11H2,1-3H3,(H,18,19,21)/t12-/m0/s1. The van der Waals surface area contributed by atoms with Gasteiger partial charge < -0.3 is 19.7 Å². The zero-order valence-electron chi connectivity index (χ0n) is 15.3. The van der Waals surface area contributed by atoms with Crippen molar-refractivity contribution in [1.29, 1.82) is 0 Å². The highest BCUT2D eigenvalue weighted by atomic mass is 16.5. The molecule has 0 bridgehead atoms. The van der Waals surface area contributed by atoms with Gasteiger partial charge >= 0.3 is 0 Å². The highest BCUT2D eigenvalue weighted by molar-refractivity contribution is 5.78. The van der Waals surface area contributed by atoms with Crippen LogP contribution in [0.25, 0.3) is 11.4 Å². The van der Waals surface area contributed by atoms with Gasteiger partial charge in [-0.3, -0.25) is 9.48 Å². The average Bonchev–Trinajstić information content (AvgIpc) is 3.23. The number of ether oxygens (including phenoxy) is 2. The molecule has 1 N–H and O–H groups in total. The van der Waals surface area contributed by atoms with E-state index in [0.29, 0.717) is 43.5 Å². The van der Waals surface area contributed by atoms with Gasteiger partial charge in [0, 0.05) is 52.3 Å². The molecule has 3 rings (SSSR count). The van der Waals surface area contributed by atoms with Crippen LogP contribution in [-0.4, -0.2) is 71.0 Å². The molecule has 9 nitrogen and oxygen atoms in total. The number of carbonyl (C=O) groups is 1. The van der Waals surface area contributed by atoms with Gasteiger partial charge in [0.2, 0.25) is 11.9 Å². The van der Waals surface area contributed by atoms with Crippen molar-refractivity contribution >= 4 is 11.9 Å². The fraction of sp³-hybridized carbons (Fsp3) is 0.529. The number of nitrogens with zero attached hydrogens (tertiary/aromatic N) is 5. The van der Waals surface area contributed by atoms with E-state index in [-0.39, 0.29) is 11.8 Å². The Balaban J connectivity index is 1.66. The van der Waals surface area contributed by atoms with Crippen LogP contribution in [0, 0.1) is 5.92 Å². The Morgan fingerprint density at radius 3 is 2.92 bits per heavy atom. The number of aromatic nitrogens is 4. The van der Waals surface area contributed by atoms with Gasteiger partial charge in [-0.1, -0.05) is 0 Å². The Labute approximate surface area is 152 Å². The van der Waals surface area contributed by atoms with Crippen molar-refractivity contribution in [3.63, 3.8) is 0 Å². The van der Waals surface area contributed by atoms with Gasteiger partial charge in [0.1, 0.15) is 5.69 Å². The fourth-order valence-corrected chi connectivity index (χ4v) is 3.04. The van der Waals surface area contributed by atoms with E-state index in [1.807, 2.05) is 18.0 Å². The van der Waals surface area contributed by atoms with Crippen molar-refractivity contribution in [2.24, 2.45) is 13.0 Å². The Morgan fingerprint density at radius 2 is 2.23 bits per heavy atom. The molecular formula is C17H24N6O3. The van der Waals surface area contributed by atoms with Gasteiger partial charge in [0.25, 0.3) is 0 Å². The minimum atomic E-state index is 0.167. The number of anilines is 1. The van der Waals surface area contributed by atoms with Crippen molar-refractivity contribution in [3.05, 3.63) is 18.5 Å². The quantitative estimate of drug-likeness (QED) is 0.744. The monoisotopic (exact) mass is 360 g/mol. The molecule has 1 aliphatic rings. The molecule has 1 saturated heterocycles. The molecule has 140 valence electrons.